The second-order valence-electron chi connectivity index (χ2n) is 8.45. The van der Waals surface area contributed by atoms with Crippen molar-refractivity contribution < 1.29 is 13.9 Å². The molecule has 1 fully saturated rings. The third kappa shape index (κ3) is 7.27. The minimum Gasteiger partial charge on any atom is -0.484 e. The summed E-state index contributed by atoms with van der Waals surface area (Å²) in [7, 11) is 1.71. The van der Waals surface area contributed by atoms with E-state index in [4.69, 9.17) is 4.74 Å². The van der Waals surface area contributed by atoms with Gasteiger partial charge in [0.05, 0.1) is 0 Å². The molecule has 1 amide bonds. The summed E-state index contributed by atoms with van der Waals surface area (Å²) in [5.41, 5.74) is 1.66. The van der Waals surface area contributed by atoms with E-state index in [1.54, 1.807) is 19.2 Å². The Morgan fingerprint density at radius 3 is 2.65 bits per heavy atom. The van der Waals surface area contributed by atoms with E-state index in [-0.39, 0.29) is 23.7 Å². The van der Waals surface area contributed by atoms with Gasteiger partial charge in [0.1, 0.15) is 11.6 Å². The molecule has 1 aliphatic rings. The molecular weight excluding hydrogens is 395 g/mol. The number of halogens is 1. The minimum atomic E-state index is -0.269. The smallest absolute Gasteiger partial charge is 0.258 e. The largest absolute Gasteiger partial charge is 0.484 e. The molecule has 0 spiro atoms. The number of carbonyl (C=O) groups is 1. The van der Waals surface area contributed by atoms with E-state index in [9.17, 15) is 9.18 Å². The van der Waals surface area contributed by atoms with Crippen LogP contribution in [0.3, 0.4) is 0 Å². The van der Waals surface area contributed by atoms with Gasteiger partial charge in [0, 0.05) is 31.6 Å². The lowest BCUT2D eigenvalue weighted by Gasteiger charge is -2.27. The maximum atomic E-state index is 13.6. The molecule has 2 aromatic rings. The van der Waals surface area contributed by atoms with E-state index < -0.39 is 0 Å². The van der Waals surface area contributed by atoms with Crippen molar-refractivity contribution in [1.29, 1.82) is 0 Å². The van der Waals surface area contributed by atoms with Gasteiger partial charge >= 0.3 is 0 Å². The molecular formula is C24H31FN4O2. The molecule has 1 saturated carbocycles. The van der Waals surface area contributed by atoms with Crippen LogP contribution in [0, 0.1) is 5.82 Å². The third-order valence-corrected chi connectivity index (χ3v) is 5.20. The molecule has 0 unspecified atom stereocenters. The molecule has 1 aliphatic carbocycles. The highest BCUT2D eigenvalue weighted by Crippen LogP contribution is 2.23. The first kappa shape index (κ1) is 22.6. The molecule has 31 heavy (non-hydrogen) atoms. The van der Waals surface area contributed by atoms with Crippen molar-refractivity contribution in [3.8, 4) is 5.75 Å². The van der Waals surface area contributed by atoms with Gasteiger partial charge in [-0.2, -0.15) is 0 Å². The van der Waals surface area contributed by atoms with Gasteiger partial charge in [-0.15, -0.1) is 0 Å². The number of amides is 1. The van der Waals surface area contributed by atoms with Crippen molar-refractivity contribution in [2.24, 2.45) is 4.99 Å². The zero-order chi connectivity index (χ0) is 22.3. The quantitative estimate of drug-likeness (QED) is 0.425. The Hall–Kier alpha value is -3.09. The monoisotopic (exact) mass is 426 g/mol. The molecule has 2 aromatic carbocycles. The SMILES string of the molecule is CN=C(NCc1cccc(OCC(=O)NC2CC2)c1)NCC(C)(C)c1cccc(F)c1. The Morgan fingerprint density at radius 2 is 1.94 bits per heavy atom. The van der Waals surface area contributed by atoms with Gasteiger partial charge in [-0.25, -0.2) is 4.39 Å². The van der Waals surface area contributed by atoms with Crippen LogP contribution in [0.2, 0.25) is 0 Å². The van der Waals surface area contributed by atoms with E-state index in [0.29, 0.717) is 30.8 Å². The fourth-order valence-corrected chi connectivity index (χ4v) is 3.11. The zero-order valence-corrected chi connectivity index (χ0v) is 18.4. The number of nitrogens with zero attached hydrogens (tertiary/aromatic N) is 1. The van der Waals surface area contributed by atoms with Crippen molar-refractivity contribution >= 4 is 11.9 Å². The van der Waals surface area contributed by atoms with Crippen LogP contribution in [-0.4, -0.2) is 38.1 Å². The number of ether oxygens (including phenoxy) is 1. The van der Waals surface area contributed by atoms with Crippen LogP contribution in [0.4, 0.5) is 4.39 Å². The van der Waals surface area contributed by atoms with Crippen LogP contribution >= 0.6 is 0 Å². The normalized spacial score (nSPS) is 14.1. The maximum Gasteiger partial charge on any atom is 0.258 e. The summed E-state index contributed by atoms with van der Waals surface area (Å²) in [5.74, 6) is 0.983. The molecule has 7 heteroatoms. The molecule has 3 rings (SSSR count). The summed E-state index contributed by atoms with van der Waals surface area (Å²) < 4.78 is 19.2. The molecule has 0 bridgehead atoms. The van der Waals surface area contributed by atoms with Crippen molar-refractivity contribution in [3.05, 3.63) is 65.5 Å². The van der Waals surface area contributed by atoms with E-state index >= 15 is 0 Å². The first-order valence-corrected chi connectivity index (χ1v) is 10.6. The second kappa shape index (κ2) is 10.3. The lowest BCUT2D eigenvalue weighted by atomic mass is 9.84. The Morgan fingerprint density at radius 1 is 1.16 bits per heavy atom. The highest BCUT2D eigenvalue weighted by molar-refractivity contribution is 5.79. The van der Waals surface area contributed by atoms with Crippen LogP contribution in [-0.2, 0) is 16.8 Å². The number of carbonyl (C=O) groups excluding carboxylic acids is 1. The van der Waals surface area contributed by atoms with Crippen LogP contribution in [0.1, 0.15) is 37.8 Å². The molecule has 6 nitrogen and oxygen atoms in total. The molecule has 0 saturated heterocycles. The molecule has 0 aliphatic heterocycles. The van der Waals surface area contributed by atoms with Gasteiger partial charge in [0.2, 0.25) is 0 Å². The number of guanidine groups is 1. The Labute approximate surface area is 183 Å². The summed E-state index contributed by atoms with van der Waals surface area (Å²) in [5, 5.41) is 9.49. The van der Waals surface area contributed by atoms with Crippen molar-refractivity contribution in [2.75, 3.05) is 20.2 Å². The molecule has 0 radical (unpaired) electrons. The molecule has 0 heterocycles. The third-order valence-electron chi connectivity index (χ3n) is 5.20. The van der Waals surface area contributed by atoms with Crippen molar-refractivity contribution in [1.82, 2.24) is 16.0 Å². The standard InChI is InChI=1S/C24H31FN4O2/c1-24(2,18-7-5-8-19(25)13-18)16-28-23(26-3)27-14-17-6-4-9-21(12-17)31-15-22(30)29-20-10-11-20/h4-9,12-13,20H,10-11,14-16H2,1-3H3,(H,29,30)(H2,26,27,28). The second-order valence-corrected chi connectivity index (χ2v) is 8.45. The summed E-state index contributed by atoms with van der Waals surface area (Å²) in [4.78, 5) is 16.1. The number of hydrogen-bond donors (Lipinski definition) is 3. The van der Waals surface area contributed by atoms with Crippen LogP contribution in [0.15, 0.2) is 53.5 Å². The molecule has 0 atom stereocenters. The van der Waals surface area contributed by atoms with E-state index in [0.717, 1.165) is 24.0 Å². The number of nitrogens with one attached hydrogen (secondary N) is 3. The molecule has 0 aromatic heterocycles. The first-order chi connectivity index (χ1) is 14.9. The fraction of sp³-hybridized carbons (Fsp3) is 0.417. The minimum absolute atomic E-state index is 0.0196. The zero-order valence-electron chi connectivity index (χ0n) is 18.4. The maximum absolute atomic E-state index is 13.6. The molecule has 3 N–H and O–H groups in total. The van der Waals surface area contributed by atoms with E-state index in [1.807, 2.05) is 30.3 Å². The topological polar surface area (TPSA) is 74.8 Å². The number of benzene rings is 2. The average Bonchev–Trinajstić information content (AvgIpc) is 3.56. The fourth-order valence-electron chi connectivity index (χ4n) is 3.11. The van der Waals surface area contributed by atoms with Gasteiger partial charge in [-0.1, -0.05) is 38.1 Å². The highest BCUT2D eigenvalue weighted by atomic mass is 19.1. The lowest BCUT2D eigenvalue weighted by molar-refractivity contribution is -0.123. The predicted molar refractivity (Wildman–Crippen MR) is 121 cm³/mol. The predicted octanol–water partition coefficient (Wildman–Crippen LogP) is 3.13. The van der Waals surface area contributed by atoms with E-state index in [1.165, 1.54) is 6.07 Å². The molecule has 166 valence electrons. The summed E-state index contributed by atoms with van der Waals surface area (Å²) in [6.07, 6.45) is 2.11. The average molecular weight is 427 g/mol. The highest BCUT2D eigenvalue weighted by Gasteiger charge is 2.23. The Kier molecular flexibility index (Phi) is 7.50. The first-order valence-electron chi connectivity index (χ1n) is 10.6. The van der Waals surface area contributed by atoms with Crippen LogP contribution in [0.25, 0.3) is 0 Å². The van der Waals surface area contributed by atoms with Crippen molar-refractivity contribution in [3.63, 3.8) is 0 Å². The summed E-state index contributed by atoms with van der Waals surface area (Å²) in [6, 6.07) is 14.6. The summed E-state index contributed by atoms with van der Waals surface area (Å²) in [6.45, 7) is 5.27. The Balaban J connectivity index is 1.48. The van der Waals surface area contributed by atoms with Crippen molar-refractivity contribution in [2.45, 2.75) is 44.7 Å². The van der Waals surface area contributed by atoms with Crippen LogP contribution in [0.5, 0.6) is 5.75 Å². The van der Waals surface area contributed by atoms with Gasteiger partial charge in [0.15, 0.2) is 12.6 Å². The van der Waals surface area contributed by atoms with Gasteiger partial charge in [-0.3, -0.25) is 9.79 Å². The number of aliphatic imine (C=N–C) groups is 1. The van der Waals surface area contributed by atoms with E-state index in [2.05, 4.69) is 34.8 Å². The Bertz CT molecular complexity index is 925. The number of hydrogen-bond acceptors (Lipinski definition) is 3. The van der Waals surface area contributed by atoms with Gasteiger partial charge < -0.3 is 20.7 Å². The number of rotatable bonds is 9. The van der Waals surface area contributed by atoms with Crippen LogP contribution < -0.4 is 20.7 Å². The summed E-state index contributed by atoms with van der Waals surface area (Å²) >= 11 is 0. The van der Waals surface area contributed by atoms with Gasteiger partial charge in [0.25, 0.3) is 5.91 Å². The lowest BCUT2D eigenvalue weighted by Crippen LogP contribution is -2.43. The van der Waals surface area contributed by atoms with Gasteiger partial charge in [-0.05, 0) is 48.2 Å².